The molecule has 0 heterocycles. The van der Waals surface area contributed by atoms with Gasteiger partial charge in [-0.25, -0.2) is 0 Å². The van der Waals surface area contributed by atoms with Crippen molar-refractivity contribution in [2.24, 2.45) is 11.8 Å². The summed E-state index contributed by atoms with van der Waals surface area (Å²) in [5.41, 5.74) is 0. The van der Waals surface area contributed by atoms with Crippen molar-refractivity contribution in [2.75, 3.05) is 19.7 Å². The fraction of sp³-hybridized carbons (Fsp3) is 1.00. The summed E-state index contributed by atoms with van der Waals surface area (Å²) in [6, 6.07) is 0. The minimum atomic E-state index is 0.551. The van der Waals surface area contributed by atoms with Gasteiger partial charge in [-0.1, -0.05) is 45.4 Å². The van der Waals surface area contributed by atoms with Crippen molar-refractivity contribution in [1.82, 2.24) is 5.32 Å². The molecular weight excluding hydrogens is 234 g/mol. The molecule has 2 atom stereocenters. The Hall–Kier alpha value is -0.0800. The number of hydrogen-bond acceptors (Lipinski definition) is 2. The second-order valence-electron chi connectivity index (χ2n) is 6.57. The number of ether oxygens (including phenoxy) is 1. The van der Waals surface area contributed by atoms with E-state index in [0.29, 0.717) is 6.10 Å². The van der Waals surface area contributed by atoms with Gasteiger partial charge in [0.25, 0.3) is 0 Å². The minimum Gasteiger partial charge on any atom is -0.377 e. The van der Waals surface area contributed by atoms with Gasteiger partial charge in [-0.15, -0.1) is 0 Å². The van der Waals surface area contributed by atoms with Crippen LogP contribution in [0.2, 0.25) is 0 Å². The zero-order valence-corrected chi connectivity index (χ0v) is 12.8. The molecule has 0 spiro atoms. The molecule has 2 nitrogen and oxygen atoms in total. The molecule has 0 aliphatic heterocycles. The normalized spacial score (nSPS) is 29.5. The maximum atomic E-state index is 6.11. The standard InChI is InChI=1S/C17H33NO/c1-2-16-10-6-7-11-17(16)19-13-12-18-14-15-8-4-3-5-9-15/h15-18H,2-14H2,1H3. The quantitative estimate of drug-likeness (QED) is 0.700. The Morgan fingerprint density at radius 1 is 0.947 bits per heavy atom. The van der Waals surface area contributed by atoms with E-state index >= 15 is 0 Å². The predicted molar refractivity (Wildman–Crippen MR) is 81.4 cm³/mol. The molecule has 2 aliphatic rings. The first kappa shape index (κ1) is 15.3. The van der Waals surface area contributed by atoms with Crippen molar-refractivity contribution < 1.29 is 4.74 Å². The molecule has 0 aromatic heterocycles. The average molecular weight is 267 g/mol. The molecule has 2 saturated carbocycles. The number of rotatable bonds is 7. The Bertz CT molecular complexity index is 225. The van der Waals surface area contributed by atoms with Crippen LogP contribution in [0.5, 0.6) is 0 Å². The molecule has 0 aromatic carbocycles. The largest absolute Gasteiger partial charge is 0.377 e. The summed E-state index contributed by atoms with van der Waals surface area (Å²) < 4.78 is 6.11. The SMILES string of the molecule is CCC1CCCCC1OCCNCC1CCCCC1. The monoisotopic (exact) mass is 267 g/mol. The summed E-state index contributed by atoms with van der Waals surface area (Å²) in [4.78, 5) is 0. The van der Waals surface area contributed by atoms with E-state index in [1.807, 2.05) is 0 Å². The van der Waals surface area contributed by atoms with E-state index in [1.54, 1.807) is 0 Å². The van der Waals surface area contributed by atoms with Crippen LogP contribution in [0.1, 0.15) is 71.1 Å². The molecule has 0 aromatic rings. The smallest absolute Gasteiger partial charge is 0.0603 e. The molecule has 0 radical (unpaired) electrons. The molecule has 2 rings (SSSR count). The van der Waals surface area contributed by atoms with Gasteiger partial charge >= 0.3 is 0 Å². The molecule has 0 amide bonds. The summed E-state index contributed by atoms with van der Waals surface area (Å²) in [7, 11) is 0. The Labute approximate surface area is 119 Å². The maximum Gasteiger partial charge on any atom is 0.0603 e. The van der Waals surface area contributed by atoms with Crippen LogP contribution in [0.4, 0.5) is 0 Å². The highest BCUT2D eigenvalue weighted by Crippen LogP contribution is 2.29. The molecule has 0 bridgehead atoms. The van der Waals surface area contributed by atoms with Gasteiger partial charge in [0.05, 0.1) is 12.7 Å². The van der Waals surface area contributed by atoms with E-state index in [9.17, 15) is 0 Å². The van der Waals surface area contributed by atoms with Crippen LogP contribution in [0.15, 0.2) is 0 Å². The zero-order chi connectivity index (χ0) is 13.3. The first-order valence-corrected chi connectivity index (χ1v) is 8.72. The third-order valence-corrected chi connectivity index (χ3v) is 5.13. The molecule has 1 N–H and O–H groups in total. The highest BCUT2D eigenvalue weighted by molar-refractivity contribution is 4.75. The van der Waals surface area contributed by atoms with Gasteiger partial charge in [-0.2, -0.15) is 0 Å². The minimum absolute atomic E-state index is 0.551. The van der Waals surface area contributed by atoms with E-state index in [4.69, 9.17) is 4.74 Å². The van der Waals surface area contributed by atoms with E-state index < -0.39 is 0 Å². The Balaban J connectivity index is 1.51. The van der Waals surface area contributed by atoms with Crippen LogP contribution in [0.3, 0.4) is 0 Å². The summed E-state index contributed by atoms with van der Waals surface area (Å²) in [6.45, 7) is 5.48. The topological polar surface area (TPSA) is 21.3 Å². The molecule has 2 fully saturated rings. The lowest BCUT2D eigenvalue weighted by atomic mass is 9.85. The van der Waals surface area contributed by atoms with E-state index in [0.717, 1.165) is 25.0 Å². The summed E-state index contributed by atoms with van der Waals surface area (Å²) in [5, 5.41) is 3.60. The summed E-state index contributed by atoms with van der Waals surface area (Å²) >= 11 is 0. The lowest BCUT2D eigenvalue weighted by molar-refractivity contribution is -0.0105. The van der Waals surface area contributed by atoms with Crippen LogP contribution in [0.25, 0.3) is 0 Å². The van der Waals surface area contributed by atoms with E-state index in [-0.39, 0.29) is 0 Å². The van der Waals surface area contributed by atoms with Gasteiger partial charge in [0.1, 0.15) is 0 Å². The fourth-order valence-corrected chi connectivity index (χ4v) is 3.84. The highest BCUT2D eigenvalue weighted by Gasteiger charge is 2.23. The van der Waals surface area contributed by atoms with Gasteiger partial charge in [0.2, 0.25) is 0 Å². The van der Waals surface area contributed by atoms with E-state index in [2.05, 4.69) is 12.2 Å². The Kier molecular flexibility index (Phi) is 7.23. The molecule has 0 saturated heterocycles. The van der Waals surface area contributed by atoms with Crippen LogP contribution < -0.4 is 5.32 Å². The van der Waals surface area contributed by atoms with Crippen molar-refractivity contribution in [2.45, 2.75) is 77.2 Å². The second kappa shape index (κ2) is 8.97. The van der Waals surface area contributed by atoms with Crippen molar-refractivity contribution >= 4 is 0 Å². The van der Waals surface area contributed by atoms with Crippen LogP contribution >= 0.6 is 0 Å². The van der Waals surface area contributed by atoms with Crippen LogP contribution in [-0.2, 0) is 4.74 Å². The zero-order valence-electron chi connectivity index (χ0n) is 12.8. The van der Waals surface area contributed by atoms with Crippen LogP contribution in [-0.4, -0.2) is 25.8 Å². The van der Waals surface area contributed by atoms with Crippen molar-refractivity contribution in [3.8, 4) is 0 Å². The van der Waals surface area contributed by atoms with Gasteiger partial charge in [-0.3, -0.25) is 0 Å². The van der Waals surface area contributed by atoms with Crippen molar-refractivity contribution in [3.05, 3.63) is 0 Å². The highest BCUT2D eigenvalue weighted by atomic mass is 16.5. The van der Waals surface area contributed by atoms with Crippen molar-refractivity contribution in [3.63, 3.8) is 0 Å². The van der Waals surface area contributed by atoms with Gasteiger partial charge in [-0.05, 0) is 44.1 Å². The Morgan fingerprint density at radius 2 is 1.68 bits per heavy atom. The summed E-state index contributed by atoms with van der Waals surface area (Å²) in [5.74, 6) is 1.76. The van der Waals surface area contributed by atoms with E-state index in [1.165, 1.54) is 70.8 Å². The average Bonchev–Trinajstić information content (AvgIpc) is 2.48. The van der Waals surface area contributed by atoms with Gasteiger partial charge in [0.15, 0.2) is 0 Å². The second-order valence-corrected chi connectivity index (χ2v) is 6.57. The lowest BCUT2D eigenvalue weighted by Gasteiger charge is -2.31. The maximum absolute atomic E-state index is 6.11. The first-order valence-electron chi connectivity index (χ1n) is 8.72. The predicted octanol–water partition coefficient (Wildman–Crippen LogP) is 4.14. The molecular formula is C17H33NO. The molecule has 2 unspecified atom stereocenters. The number of nitrogens with one attached hydrogen (secondary N) is 1. The third kappa shape index (κ3) is 5.43. The molecule has 2 aliphatic carbocycles. The number of hydrogen-bond donors (Lipinski definition) is 1. The lowest BCUT2D eigenvalue weighted by Crippen LogP contribution is -2.32. The van der Waals surface area contributed by atoms with Gasteiger partial charge in [0, 0.05) is 6.54 Å². The molecule has 2 heteroatoms. The molecule has 112 valence electrons. The third-order valence-electron chi connectivity index (χ3n) is 5.13. The summed E-state index contributed by atoms with van der Waals surface area (Å²) in [6.07, 6.45) is 14.5. The van der Waals surface area contributed by atoms with Crippen LogP contribution in [0, 0.1) is 11.8 Å². The first-order chi connectivity index (χ1) is 9.40. The van der Waals surface area contributed by atoms with Crippen molar-refractivity contribution in [1.29, 1.82) is 0 Å². The van der Waals surface area contributed by atoms with Gasteiger partial charge < -0.3 is 10.1 Å². The molecule has 19 heavy (non-hydrogen) atoms. The fourth-order valence-electron chi connectivity index (χ4n) is 3.84. The Morgan fingerprint density at radius 3 is 2.47 bits per heavy atom.